The van der Waals surface area contributed by atoms with Crippen molar-refractivity contribution in [3.8, 4) is 0 Å². The average Bonchev–Trinajstić information content (AvgIpc) is 2.97. The van der Waals surface area contributed by atoms with Crippen molar-refractivity contribution in [1.82, 2.24) is 19.4 Å². The maximum absolute atomic E-state index is 12.5. The molecule has 0 unspecified atom stereocenters. The highest BCUT2D eigenvalue weighted by Crippen LogP contribution is 2.30. The van der Waals surface area contributed by atoms with Gasteiger partial charge in [-0.15, -0.1) is 0 Å². The first-order valence-corrected chi connectivity index (χ1v) is 8.79. The summed E-state index contributed by atoms with van der Waals surface area (Å²) in [5.41, 5.74) is 2.40. The van der Waals surface area contributed by atoms with E-state index in [0.29, 0.717) is 37.5 Å². The fraction of sp³-hybridized carbons (Fsp3) is 0.588. The minimum absolute atomic E-state index is 0.00332. The lowest BCUT2D eigenvalue weighted by Crippen LogP contribution is -2.39. The number of fused-ring (bicyclic) bond motifs is 1. The zero-order chi connectivity index (χ0) is 17.4. The van der Waals surface area contributed by atoms with Gasteiger partial charge in [0.05, 0.1) is 5.52 Å². The lowest BCUT2D eigenvalue weighted by molar-refractivity contribution is 0.0853. The van der Waals surface area contributed by atoms with Crippen LogP contribution in [-0.2, 0) is 4.74 Å². The number of hydrogen-bond donors (Lipinski definition) is 2. The fourth-order valence-electron chi connectivity index (χ4n) is 3.95. The number of pyridine rings is 1. The number of aromatic amines is 1. The molecule has 2 fully saturated rings. The number of piperidine rings is 1. The summed E-state index contributed by atoms with van der Waals surface area (Å²) in [7, 11) is 0. The van der Waals surface area contributed by atoms with Gasteiger partial charge in [0.1, 0.15) is 0 Å². The Morgan fingerprint density at radius 2 is 1.96 bits per heavy atom. The number of carboxylic acid groups (broad SMARTS) is 1. The van der Waals surface area contributed by atoms with E-state index in [4.69, 9.17) is 9.84 Å². The Morgan fingerprint density at radius 3 is 2.64 bits per heavy atom. The van der Waals surface area contributed by atoms with Gasteiger partial charge in [0.25, 0.3) is 0 Å². The summed E-state index contributed by atoms with van der Waals surface area (Å²) in [6, 6.07) is 2.07. The molecule has 8 nitrogen and oxygen atoms in total. The second-order valence-electron chi connectivity index (χ2n) is 6.82. The number of ether oxygens (including phenoxy) is 1. The number of imidazole rings is 1. The van der Waals surface area contributed by atoms with Crippen LogP contribution in [0.4, 0.5) is 4.79 Å². The van der Waals surface area contributed by atoms with Crippen LogP contribution in [0.25, 0.3) is 11.2 Å². The van der Waals surface area contributed by atoms with Crippen molar-refractivity contribution in [1.29, 1.82) is 0 Å². The summed E-state index contributed by atoms with van der Waals surface area (Å²) < 4.78 is 7.19. The molecule has 0 spiro atoms. The topological polar surface area (TPSA) is 100 Å². The molecule has 4 rings (SSSR count). The molecule has 0 radical (unpaired) electrons. The number of carbonyl (C=O) groups is 1. The molecule has 2 saturated heterocycles. The Morgan fingerprint density at radius 1 is 1.24 bits per heavy atom. The third-order valence-corrected chi connectivity index (χ3v) is 5.39. The SMILES string of the molecule is O=C(O)N1CCC(n2c(=O)[nH]c3ncc(C4CCOCC4)cc32)CC1. The number of H-pyrrole nitrogens is 1. The van der Waals surface area contributed by atoms with Crippen molar-refractivity contribution in [2.75, 3.05) is 26.3 Å². The molecule has 0 aliphatic carbocycles. The number of nitrogens with one attached hydrogen (secondary N) is 1. The number of nitrogens with zero attached hydrogens (tertiary/aromatic N) is 3. The second-order valence-corrected chi connectivity index (χ2v) is 6.82. The van der Waals surface area contributed by atoms with Crippen molar-refractivity contribution < 1.29 is 14.6 Å². The van der Waals surface area contributed by atoms with E-state index >= 15 is 0 Å². The molecule has 2 N–H and O–H groups in total. The van der Waals surface area contributed by atoms with Gasteiger partial charge < -0.3 is 14.7 Å². The van der Waals surface area contributed by atoms with Crippen molar-refractivity contribution >= 4 is 17.3 Å². The highest BCUT2D eigenvalue weighted by atomic mass is 16.5. The number of rotatable bonds is 2. The Labute approximate surface area is 144 Å². The van der Waals surface area contributed by atoms with E-state index in [2.05, 4.69) is 16.0 Å². The van der Waals surface area contributed by atoms with E-state index in [9.17, 15) is 9.59 Å². The third kappa shape index (κ3) is 3.02. The van der Waals surface area contributed by atoms with Gasteiger partial charge in [-0.25, -0.2) is 14.6 Å². The first kappa shape index (κ1) is 16.1. The molecule has 134 valence electrons. The van der Waals surface area contributed by atoms with Crippen LogP contribution in [0.3, 0.4) is 0 Å². The summed E-state index contributed by atoms with van der Waals surface area (Å²) in [4.78, 5) is 32.2. The fourth-order valence-corrected chi connectivity index (χ4v) is 3.95. The van der Waals surface area contributed by atoms with E-state index in [1.807, 2.05) is 6.20 Å². The third-order valence-electron chi connectivity index (χ3n) is 5.39. The number of hydrogen-bond acceptors (Lipinski definition) is 4. The first-order chi connectivity index (χ1) is 12.1. The van der Waals surface area contributed by atoms with E-state index in [1.54, 1.807) is 4.57 Å². The number of aromatic nitrogens is 3. The van der Waals surface area contributed by atoms with E-state index < -0.39 is 6.09 Å². The van der Waals surface area contributed by atoms with Gasteiger partial charge in [-0.3, -0.25) is 9.55 Å². The molecule has 8 heteroatoms. The van der Waals surface area contributed by atoms with Crippen LogP contribution >= 0.6 is 0 Å². The Hall–Kier alpha value is -2.35. The molecule has 4 heterocycles. The standard InChI is InChI=1S/C17H22N4O4/c22-16-19-15-14(9-12(10-18-15)11-3-7-25-8-4-11)21(16)13-1-5-20(6-2-13)17(23)24/h9-11,13H,1-8H2,(H,23,24)(H,18,19,22). The highest BCUT2D eigenvalue weighted by Gasteiger charge is 2.26. The molecular weight excluding hydrogens is 324 g/mol. The predicted octanol–water partition coefficient (Wildman–Crippen LogP) is 1.93. The van der Waals surface area contributed by atoms with Gasteiger partial charge in [0.2, 0.25) is 0 Å². The monoisotopic (exact) mass is 346 g/mol. The largest absolute Gasteiger partial charge is 0.465 e. The van der Waals surface area contributed by atoms with Gasteiger partial charge in [0.15, 0.2) is 5.65 Å². The van der Waals surface area contributed by atoms with Crippen molar-refractivity contribution in [3.05, 3.63) is 28.3 Å². The lowest BCUT2D eigenvalue weighted by atomic mass is 9.93. The molecule has 2 aliphatic heterocycles. The van der Waals surface area contributed by atoms with Gasteiger partial charge in [-0.2, -0.15) is 0 Å². The molecule has 2 aromatic rings. The van der Waals surface area contributed by atoms with Crippen LogP contribution in [0.2, 0.25) is 0 Å². The zero-order valence-corrected chi connectivity index (χ0v) is 14.0. The molecule has 2 aromatic heterocycles. The molecule has 0 aromatic carbocycles. The molecule has 2 aliphatic rings. The van der Waals surface area contributed by atoms with E-state index in [0.717, 1.165) is 37.1 Å². The van der Waals surface area contributed by atoms with Crippen LogP contribution in [0, 0.1) is 0 Å². The van der Waals surface area contributed by atoms with Crippen molar-refractivity contribution in [3.63, 3.8) is 0 Å². The summed E-state index contributed by atoms with van der Waals surface area (Å²) in [6.07, 6.45) is 4.18. The van der Waals surface area contributed by atoms with Crippen LogP contribution in [-0.4, -0.2) is 56.9 Å². The Kier molecular flexibility index (Phi) is 4.20. The van der Waals surface area contributed by atoms with E-state index in [-0.39, 0.29) is 11.7 Å². The van der Waals surface area contributed by atoms with E-state index in [1.165, 1.54) is 4.90 Å². The summed E-state index contributed by atoms with van der Waals surface area (Å²) in [5, 5.41) is 9.09. The normalized spacial score (nSPS) is 20.2. The van der Waals surface area contributed by atoms with Gasteiger partial charge >= 0.3 is 11.8 Å². The number of likely N-dealkylation sites (tertiary alicyclic amines) is 1. The van der Waals surface area contributed by atoms with Gasteiger partial charge in [0, 0.05) is 38.5 Å². The minimum Gasteiger partial charge on any atom is -0.465 e. The maximum Gasteiger partial charge on any atom is 0.407 e. The van der Waals surface area contributed by atoms with Gasteiger partial charge in [-0.1, -0.05) is 0 Å². The van der Waals surface area contributed by atoms with Gasteiger partial charge in [-0.05, 0) is 43.2 Å². The van der Waals surface area contributed by atoms with Crippen molar-refractivity contribution in [2.24, 2.45) is 0 Å². The van der Waals surface area contributed by atoms with Crippen LogP contribution in [0.15, 0.2) is 17.1 Å². The summed E-state index contributed by atoms with van der Waals surface area (Å²) in [6.45, 7) is 2.42. The molecular formula is C17H22N4O4. The smallest absolute Gasteiger partial charge is 0.407 e. The highest BCUT2D eigenvalue weighted by molar-refractivity contribution is 5.72. The Balaban J connectivity index is 1.65. The lowest BCUT2D eigenvalue weighted by Gasteiger charge is -2.30. The van der Waals surface area contributed by atoms with Crippen LogP contribution in [0.1, 0.15) is 43.2 Å². The predicted molar refractivity (Wildman–Crippen MR) is 91.0 cm³/mol. The first-order valence-electron chi connectivity index (χ1n) is 8.79. The molecule has 0 bridgehead atoms. The minimum atomic E-state index is -0.895. The Bertz CT molecular complexity index is 829. The quantitative estimate of drug-likeness (QED) is 0.865. The van der Waals surface area contributed by atoms with Crippen molar-refractivity contribution in [2.45, 2.75) is 37.6 Å². The zero-order valence-electron chi connectivity index (χ0n) is 14.0. The maximum atomic E-state index is 12.5. The van der Waals surface area contributed by atoms with Crippen LogP contribution in [0.5, 0.6) is 0 Å². The molecule has 1 amide bonds. The molecule has 25 heavy (non-hydrogen) atoms. The number of amides is 1. The molecule has 0 saturated carbocycles. The average molecular weight is 346 g/mol. The summed E-state index contributed by atoms with van der Waals surface area (Å²) in [5.74, 6) is 0.415. The summed E-state index contributed by atoms with van der Waals surface area (Å²) >= 11 is 0. The molecule has 0 atom stereocenters. The van der Waals surface area contributed by atoms with Crippen LogP contribution < -0.4 is 5.69 Å². The second kappa shape index (κ2) is 6.51.